The molecule has 0 aliphatic rings. The van der Waals surface area contributed by atoms with Crippen LogP contribution in [0.15, 0.2) is 23.1 Å². The molecule has 0 aromatic rings. The summed E-state index contributed by atoms with van der Waals surface area (Å²) in [6.07, 6.45) is 1.63. The Morgan fingerprint density at radius 2 is 2.38 bits per heavy atom. The predicted molar refractivity (Wildman–Crippen MR) is 33.4 cm³/mol. The summed E-state index contributed by atoms with van der Waals surface area (Å²) in [5.74, 6) is 0. The molecule has 0 unspecified atom stereocenters. The Labute approximate surface area is 49.7 Å². The molecular weight excluding hydrogens is 102 g/mol. The van der Waals surface area contributed by atoms with E-state index in [2.05, 4.69) is 16.9 Å². The van der Waals surface area contributed by atoms with Gasteiger partial charge in [0, 0.05) is 12.7 Å². The minimum atomic E-state index is 0.820. The van der Waals surface area contributed by atoms with Crippen molar-refractivity contribution in [2.75, 3.05) is 13.6 Å². The van der Waals surface area contributed by atoms with E-state index in [0.717, 1.165) is 6.54 Å². The fourth-order valence-electron chi connectivity index (χ4n) is 0.344. The highest BCUT2D eigenvalue weighted by Crippen LogP contribution is 1.86. The lowest BCUT2D eigenvalue weighted by molar-refractivity contribution is 0.393. The van der Waals surface area contributed by atoms with Gasteiger partial charge in [-0.2, -0.15) is 5.11 Å². The molecule has 0 aliphatic heterocycles. The number of rotatable bonds is 3. The average Bonchev–Trinajstić information content (AvgIpc) is 1.83. The van der Waals surface area contributed by atoms with E-state index < -0.39 is 0 Å². The second kappa shape index (κ2) is 4.30. The maximum absolute atomic E-state index is 3.70. The van der Waals surface area contributed by atoms with Gasteiger partial charge in [0.25, 0.3) is 0 Å². The molecule has 0 N–H and O–H groups in total. The van der Waals surface area contributed by atoms with Gasteiger partial charge < -0.3 is 0 Å². The Morgan fingerprint density at radius 3 is 2.50 bits per heavy atom. The van der Waals surface area contributed by atoms with Crippen LogP contribution in [0.1, 0.15) is 6.92 Å². The van der Waals surface area contributed by atoms with Gasteiger partial charge in [-0.3, -0.25) is 5.01 Å². The van der Waals surface area contributed by atoms with Crippen LogP contribution in [0.5, 0.6) is 0 Å². The van der Waals surface area contributed by atoms with Crippen LogP contribution in [0.3, 0.4) is 0 Å². The Kier molecular flexibility index (Phi) is 3.84. The Hall–Kier alpha value is -0.860. The van der Waals surface area contributed by atoms with Gasteiger partial charge in [-0.05, 0) is 6.92 Å². The van der Waals surface area contributed by atoms with Crippen LogP contribution in [0, 0.1) is 0 Å². The highest BCUT2D eigenvalue weighted by atomic mass is 15.5. The van der Waals surface area contributed by atoms with Crippen LogP contribution in [0.25, 0.3) is 0 Å². The second-order valence-corrected chi connectivity index (χ2v) is 1.23. The van der Waals surface area contributed by atoms with Gasteiger partial charge in [-0.25, -0.2) is 0 Å². The molecule has 0 saturated heterocycles. The first-order valence-electron chi connectivity index (χ1n) is 2.54. The summed E-state index contributed by atoms with van der Waals surface area (Å²) < 4.78 is 0. The number of hydrogen-bond acceptors (Lipinski definition) is 2. The fourth-order valence-corrected chi connectivity index (χ4v) is 0.344. The van der Waals surface area contributed by atoms with Crippen molar-refractivity contribution in [3.05, 3.63) is 12.8 Å². The normalized spacial score (nSPS) is 9.75. The minimum absolute atomic E-state index is 0.820. The van der Waals surface area contributed by atoms with E-state index in [1.54, 1.807) is 18.3 Å². The monoisotopic (exact) mass is 113 g/mol. The predicted octanol–water partition coefficient (Wildman–Crippen LogP) is 1.45. The fraction of sp³-hybridized carbons (Fsp3) is 0.600. The topological polar surface area (TPSA) is 28.0 Å². The third kappa shape index (κ3) is 2.34. The molecule has 0 radical (unpaired) electrons. The van der Waals surface area contributed by atoms with Crippen molar-refractivity contribution in [2.45, 2.75) is 6.92 Å². The Balaban J connectivity index is 3.52. The summed E-state index contributed by atoms with van der Waals surface area (Å²) in [4.78, 5) is 0. The zero-order valence-corrected chi connectivity index (χ0v) is 5.33. The molecule has 0 atom stereocenters. The minimum Gasteiger partial charge on any atom is -0.255 e. The quantitative estimate of drug-likeness (QED) is 0.402. The molecule has 3 nitrogen and oxygen atoms in total. The molecule has 0 bridgehead atoms. The molecule has 8 heavy (non-hydrogen) atoms. The van der Waals surface area contributed by atoms with Crippen LogP contribution in [-0.4, -0.2) is 18.6 Å². The van der Waals surface area contributed by atoms with Crippen LogP contribution in [-0.2, 0) is 0 Å². The molecule has 0 saturated carbocycles. The lowest BCUT2D eigenvalue weighted by Gasteiger charge is -2.05. The Bertz CT molecular complexity index is 87.7. The third-order valence-corrected chi connectivity index (χ3v) is 0.739. The molecule has 3 heteroatoms. The molecular formula is C5H11N3. The van der Waals surface area contributed by atoms with Crippen LogP contribution in [0.2, 0.25) is 0 Å². The van der Waals surface area contributed by atoms with Crippen molar-refractivity contribution in [3.63, 3.8) is 0 Å². The molecule has 0 rings (SSSR count). The van der Waals surface area contributed by atoms with Gasteiger partial charge >= 0.3 is 0 Å². The molecule has 0 aliphatic carbocycles. The molecule has 0 aromatic carbocycles. The highest BCUT2D eigenvalue weighted by Gasteiger charge is 1.83. The standard InChI is InChI=1S/C5H11N3/c1-4-8(5-2)7-6-3/h4H,1,5H2,2-3H3/b7-6-. The van der Waals surface area contributed by atoms with E-state index in [4.69, 9.17) is 0 Å². The van der Waals surface area contributed by atoms with Crippen molar-refractivity contribution < 1.29 is 0 Å². The van der Waals surface area contributed by atoms with E-state index in [-0.39, 0.29) is 0 Å². The smallest absolute Gasteiger partial charge is 0.0509 e. The molecule has 46 valence electrons. The number of nitrogens with zero attached hydrogens (tertiary/aromatic N) is 3. The second-order valence-electron chi connectivity index (χ2n) is 1.23. The van der Waals surface area contributed by atoms with E-state index in [9.17, 15) is 0 Å². The van der Waals surface area contributed by atoms with Crippen molar-refractivity contribution in [3.8, 4) is 0 Å². The van der Waals surface area contributed by atoms with Gasteiger partial charge in [-0.15, -0.1) is 0 Å². The zero-order valence-electron chi connectivity index (χ0n) is 5.33. The average molecular weight is 113 g/mol. The summed E-state index contributed by atoms with van der Waals surface area (Å²) in [7, 11) is 1.63. The van der Waals surface area contributed by atoms with Crippen molar-refractivity contribution >= 4 is 0 Å². The lowest BCUT2D eigenvalue weighted by Crippen LogP contribution is -2.05. The van der Waals surface area contributed by atoms with E-state index >= 15 is 0 Å². The van der Waals surface area contributed by atoms with Crippen molar-refractivity contribution in [2.24, 2.45) is 10.3 Å². The maximum Gasteiger partial charge on any atom is 0.0509 e. The zero-order chi connectivity index (χ0) is 6.41. The SMILES string of the molecule is C=CN(CC)/N=N\C. The van der Waals surface area contributed by atoms with E-state index in [1.165, 1.54) is 0 Å². The molecule has 0 amide bonds. The first-order valence-corrected chi connectivity index (χ1v) is 2.54. The van der Waals surface area contributed by atoms with Gasteiger partial charge in [0.1, 0.15) is 0 Å². The van der Waals surface area contributed by atoms with E-state index in [1.807, 2.05) is 6.92 Å². The largest absolute Gasteiger partial charge is 0.255 e. The van der Waals surface area contributed by atoms with Crippen LogP contribution >= 0.6 is 0 Å². The molecule has 0 spiro atoms. The molecule has 0 aromatic heterocycles. The van der Waals surface area contributed by atoms with Crippen molar-refractivity contribution in [1.82, 2.24) is 5.01 Å². The summed E-state index contributed by atoms with van der Waals surface area (Å²) in [5, 5.41) is 8.91. The van der Waals surface area contributed by atoms with E-state index in [0.29, 0.717) is 0 Å². The summed E-state index contributed by atoms with van der Waals surface area (Å²) in [6.45, 7) is 6.33. The lowest BCUT2D eigenvalue weighted by atomic mass is 10.7. The van der Waals surface area contributed by atoms with Crippen LogP contribution in [0.4, 0.5) is 0 Å². The molecule has 0 heterocycles. The van der Waals surface area contributed by atoms with Crippen molar-refractivity contribution in [1.29, 1.82) is 0 Å². The first-order chi connectivity index (χ1) is 3.85. The summed E-state index contributed by atoms with van der Waals surface area (Å²) >= 11 is 0. The first kappa shape index (κ1) is 7.14. The number of hydrogen-bond donors (Lipinski definition) is 0. The van der Waals surface area contributed by atoms with Gasteiger partial charge in [0.15, 0.2) is 0 Å². The summed E-state index contributed by atoms with van der Waals surface area (Å²) in [5.41, 5.74) is 0. The highest BCUT2D eigenvalue weighted by molar-refractivity contribution is 4.62. The van der Waals surface area contributed by atoms with Crippen LogP contribution < -0.4 is 0 Å². The van der Waals surface area contributed by atoms with Gasteiger partial charge in [-0.1, -0.05) is 11.8 Å². The Morgan fingerprint density at radius 1 is 1.75 bits per heavy atom. The van der Waals surface area contributed by atoms with Gasteiger partial charge in [0.05, 0.1) is 7.05 Å². The third-order valence-electron chi connectivity index (χ3n) is 0.739. The molecule has 0 fully saturated rings. The van der Waals surface area contributed by atoms with Gasteiger partial charge in [0.2, 0.25) is 0 Å². The summed E-state index contributed by atoms with van der Waals surface area (Å²) in [6, 6.07) is 0. The maximum atomic E-state index is 3.70.